The second kappa shape index (κ2) is 10.0. The zero-order chi connectivity index (χ0) is 28.0. The Balaban J connectivity index is 1.47. The summed E-state index contributed by atoms with van der Waals surface area (Å²) in [5, 5.41) is 0. The van der Waals surface area contributed by atoms with Crippen molar-refractivity contribution in [2.75, 3.05) is 13.1 Å². The summed E-state index contributed by atoms with van der Waals surface area (Å²) in [6.45, 7) is 4.60. The molecular formula is C28H29F6NO3. The highest BCUT2D eigenvalue weighted by Gasteiger charge is 2.49. The topological polar surface area (TPSA) is 46.6 Å². The molecular weight excluding hydrogens is 512 g/mol. The lowest BCUT2D eigenvalue weighted by molar-refractivity contribution is -0.158. The highest BCUT2D eigenvalue weighted by atomic mass is 19.4. The van der Waals surface area contributed by atoms with E-state index in [2.05, 4.69) is 0 Å². The van der Waals surface area contributed by atoms with Crippen molar-refractivity contribution in [2.45, 2.75) is 64.3 Å². The summed E-state index contributed by atoms with van der Waals surface area (Å²) >= 11 is 0. The first kappa shape index (κ1) is 28.1. The average molecular weight is 542 g/mol. The smallest absolute Gasteiger partial charge is 0.416 e. The molecule has 38 heavy (non-hydrogen) atoms. The number of hydrogen-bond acceptors (Lipinski definition) is 4. The van der Waals surface area contributed by atoms with Crippen LogP contribution in [0.15, 0.2) is 42.5 Å². The van der Waals surface area contributed by atoms with Gasteiger partial charge in [0, 0.05) is 25.6 Å². The van der Waals surface area contributed by atoms with E-state index in [9.17, 15) is 35.9 Å². The third kappa shape index (κ3) is 6.06. The normalized spacial score (nSPS) is 19.4. The third-order valence-corrected chi connectivity index (χ3v) is 7.47. The Kier molecular flexibility index (Phi) is 7.42. The predicted octanol–water partition coefficient (Wildman–Crippen LogP) is 7.19. The molecule has 2 aromatic carbocycles. The van der Waals surface area contributed by atoms with E-state index in [1.165, 1.54) is 11.8 Å². The zero-order valence-electron chi connectivity index (χ0n) is 21.2. The number of ketones is 1. The van der Waals surface area contributed by atoms with Gasteiger partial charge < -0.3 is 9.53 Å². The zero-order valence-corrected chi connectivity index (χ0v) is 21.2. The van der Waals surface area contributed by atoms with Crippen LogP contribution in [0, 0.1) is 11.3 Å². The van der Waals surface area contributed by atoms with Crippen molar-refractivity contribution in [3.63, 3.8) is 0 Å². The van der Waals surface area contributed by atoms with Crippen molar-refractivity contribution < 1.29 is 40.7 Å². The van der Waals surface area contributed by atoms with Crippen molar-refractivity contribution in [3.05, 3.63) is 64.7 Å². The quantitative estimate of drug-likeness (QED) is 0.202. The van der Waals surface area contributed by atoms with E-state index < -0.39 is 46.5 Å². The summed E-state index contributed by atoms with van der Waals surface area (Å²) in [7, 11) is 0. The Hall–Kier alpha value is -2.88. The van der Waals surface area contributed by atoms with Gasteiger partial charge in [-0.05, 0) is 86.9 Å². The first-order chi connectivity index (χ1) is 17.6. The Morgan fingerprint density at radius 1 is 1.03 bits per heavy atom. The number of halogens is 6. The SMILES string of the molecule is CC(=O)C[C@H](c1cccc(OC(=O)C2(C)CN(C(C)c3cc(C(F)(F)F)ccc3C(F)(F)F)C2)c1)C1CC1. The number of rotatable bonds is 8. The van der Waals surface area contributed by atoms with E-state index in [1.807, 2.05) is 6.07 Å². The molecule has 1 saturated heterocycles. The van der Waals surface area contributed by atoms with Gasteiger partial charge in [0.2, 0.25) is 0 Å². The Bertz CT molecular complexity index is 1210. The van der Waals surface area contributed by atoms with Crippen molar-refractivity contribution >= 4 is 11.8 Å². The fraction of sp³-hybridized carbons (Fsp3) is 0.500. The van der Waals surface area contributed by atoms with Gasteiger partial charge in [-0.3, -0.25) is 9.69 Å². The summed E-state index contributed by atoms with van der Waals surface area (Å²) in [5.41, 5.74) is -2.93. The van der Waals surface area contributed by atoms with Gasteiger partial charge in [0.15, 0.2) is 0 Å². The summed E-state index contributed by atoms with van der Waals surface area (Å²) in [5.74, 6) is 0.285. The van der Waals surface area contributed by atoms with Crippen LogP contribution in [0.2, 0.25) is 0 Å². The van der Waals surface area contributed by atoms with Gasteiger partial charge >= 0.3 is 18.3 Å². The van der Waals surface area contributed by atoms with Crippen LogP contribution in [-0.2, 0) is 21.9 Å². The maximum absolute atomic E-state index is 13.6. The molecule has 2 aliphatic rings. The Morgan fingerprint density at radius 2 is 1.68 bits per heavy atom. The summed E-state index contributed by atoms with van der Waals surface area (Å²) in [4.78, 5) is 26.3. The summed E-state index contributed by atoms with van der Waals surface area (Å²) in [6, 6.07) is 7.41. The lowest BCUT2D eigenvalue weighted by atomic mass is 9.79. The van der Waals surface area contributed by atoms with Crippen LogP contribution < -0.4 is 4.74 Å². The van der Waals surface area contributed by atoms with Crippen molar-refractivity contribution in [1.29, 1.82) is 0 Å². The predicted molar refractivity (Wildman–Crippen MR) is 127 cm³/mol. The molecule has 10 heteroatoms. The lowest BCUT2D eigenvalue weighted by Gasteiger charge is -2.49. The van der Waals surface area contributed by atoms with Crippen LogP contribution in [0.1, 0.15) is 74.2 Å². The van der Waals surface area contributed by atoms with Gasteiger partial charge in [-0.2, -0.15) is 26.3 Å². The molecule has 2 aromatic rings. The number of carbonyl (C=O) groups is 2. The molecule has 1 unspecified atom stereocenters. The molecule has 1 aliphatic heterocycles. The number of benzene rings is 2. The molecule has 4 nitrogen and oxygen atoms in total. The van der Waals surface area contributed by atoms with E-state index in [0.717, 1.165) is 18.4 Å². The van der Waals surface area contributed by atoms with Crippen LogP contribution in [0.5, 0.6) is 5.75 Å². The molecule has 1 saturated carbocycles. The molecule has 0 N–H and O–H groups in total. The number of nitrogens with zero attached hydrogens (tertiary/aromatic N) is 1. The maximum atomic E-state index is 13.6. The fourth-order valence-electron chi connectivity index (χ4n) is 5.20. The molecule has 0 bridgehead atoms. The minimum Gasteiger partial charge on any atom is -0.426 e. The van der Waals surface area contributed by atoms with Gasteiger partial charge in [-0.25, -0.2) is 0 Å². The standard InChI is InChI=1S/C28H29F6NO3/c1-16(36)11-23(18-7-8-18)19-5-4-6-21(12-19)38-25(37)26(3)14-35(15-26)17(2)22-13-20(27(29,30)31)9-10-24(22)28(32,33)34/h4-6,9-10,12-13,17-18,23H,7-8,11,14-15H2,1-3H3/t17?,23-/m0/s1. The van der Waals surface area contributed by atoms with Gasteiger partial charge in [-0.1, -0.05) is 12.1 Å². The molecule has 0 radical (unpaired) electrons. The Labute approximate surface area is 217 Å². The average Bonchev–Trinajstić information content (AvgIpc) is 3.63. The summed E-state index contributed by atoms with van der Waals surface area (Å²) in [6.07, 6.45) is -7.13. The maximum Gasteiger partial charge on any atom is 0.416 e. The minimum atomic E-state index is -4.83. The van der Waals surface area contributed by atoms with Crippen molar-refractivity contribution in [3.8, 4) is 5.75 Å². The lowest BCUT2D eigenvalue weighted by Crippen LogP contribution is -2.60. The first-order valence-corrected chi connectivity index (χ1v) is 12.4. The Morgan fingerprint density at radius 3 is 2.24 bits per heavy atom. The largest absolute Gasteiger partial charge is 0.426 e. The van der Waals surface area contributed by atoms with Gasteiger partial charge in [-0.15, -0.1) is 0 Å². The second-order valence-corrected chi connectivity index (χ2v) is 10.8. The number of alkyl halides is 6. The molecule has 0 aromatic heterocycles. The van der Waals surface area contributed by atoms with Crippen LogP contribution in [0.4, 0.5) is 26.3 Å². The number of esters is 1. The molecule has 206 valence electrons. The van der Waals surface area contributed by atoms with Crippen LogP contribution >= 0.6 is 0 Å². The number of ether oxygens (including phenoxy) is 1. The number of hydrogen-bond donors (Lipinski definition) is 0. The molecule has 1 aliphatic carbocycles. The fourth-order valence-corrected chi connectivity index (χ4v) is 5.20. The molecule has 2 fully saturated rings. The van der Waals surface area contributed by atoms with E-state index in [0.29, 0.717) is 36.3 Å². The van der Waals surface area contributed by atoms with Gasteiger partial charge in [0.05, 0.1) is 16.5 Å². The highest BCUT2D eigenvalue weighted by Crippen LogP contribution is 2.46. The molecule has 1 heterocycles. The van der Waals surface area contributed by atoms with Crippen LogP contribution in [-0.4, -0.2) is 29.7 Å². The van der Waals surface area contributed by atoms with E-state index >= 15 is 0 Å². The first-order valence-electron chi connectivity index (χ1n) is 12.4. The molecule has 0 spiro atoms. The van der Waals surface area contributed by atoms with Crippen LogP contribution in [0.3, 0.4) is 0 Å². The molecule has 4 rings (SSSR count). The van der Waals surface area contributed by atoms with Gasteiger partial charge in [0.25, 0.3) is 0 Å². The second-order valence-electron chi connectivity index (χ2n) is 10.8. The molecule has 2 atom stereocenters. The number of carbonyl (C=O) groups excluding carboxylic acids is 2. The monoisotopic (exact) mass is 541 g/mol. The van der Waals surface area contributed by atoms with Gasteiger partial charge in [0.1, 0.15) is 11.5 Å². The van der Waals surface area contributed by atoms with Crippen molar-refractivity contribution in [1.82, 2.24) is 4.90 Å². The molecule has 0 amide bonds. The van der Waals surface area contributed by atoms with Crippen molar-refractivity contribution in [2.24, 2.45) is 11.3 Å². The number of Topliss-reactive ketones (excluding diaryl/α,β-unsaturated/α-hetero) is 1. The number of likely N-dealkylation sites (tertiary alicyclic amines) is 1. The van der Waals surface area contributed by atoms with E-state index in [-0.39, 0.29) is 24.8 Å². The van der Waals surface area contributed by atoms with Crippen LogP contribution in [0.25, 0.3) is 0 Å². The highest BCUT2D eigenvalue weighted by molar-refractivity contribution is 5.80. The van der Waals surface area contributed by atoms with E-state index in [4.69, 9.17) is 4.74 Å². The van der Waals surface area contributed by atoms with E-state index in [1.54, 1.807) is 32.0 Å². The minimum absolute atomic E-state index is 0.0231. The third-order valence-electron chi connectivity index (χ3n) is 7.47. The summed E-state index contributed by atoms with van der Waals surface area (Å²) < 4.78 is 85.9.